The minimum atomic E-state index is -3.85. The number of likely N-dealkylation sites (N-methyl/N-ethyl adjacent to an activating group) is 1. The van der Waals surface area contributed by atoms with Gasteiger partial charge in [-0.25, -0.2) is 0 Å². The molecule has 0 aliphatic heterocycles. The fraction of sp³-hybridized carbons (Fsp3) is 0.800. The molecule has 1 aliphatic rings. The molecule has 0 bridgehead atoms. The summed E-state index contributed by atoms with van der Waals surface area (Å²) < 4.78 is 27.0. The van der Waals surface area contributed by atoms with Crippen LogP contribution in [0.1, 0.15) is 26.2 Å². The summed E-state index contributed by atoms with van der Waals surface area (Å²) in [5.41, 5.74) is -2.25. The van der Waals surface area contributed by atoms with E-state index in [1.165, 1.54) is 0 Å². The van der Waals surface area contributed by atoms with Crippen molar-refractivity contribution in [2.24, 2.45) is 0 Å². The predicted molar refractivity (Wildman–Crippen MR) is 55.4 cm³/mol. The first-order valence-electron chi connectivity index (χ1n) is 5.48. The molecule has 7 heteroatoms. The van der Waals surface area contributed by atoms with E-state index >= 15 is 0 Å². The van der Waals surface area contributed by atoms with Crippen LogP contribution in [0.15, 0.2) is 0 Å². The Morgan fingerprint density at radius 2 is 1.94 bits per heavy atom. The number of hydrogen-bond donors (Lipinski definition) is 3. The molecule has 1 saturated carbocycles. The van der Waals surface area contributed by atoms with Gasteiger partial charge in [0.2, 0.25) is 5.91 Å². The monoisotopic (exact) mass is 250 g/mol. The number of rotatable bonds is 5. The van der Waals surface area contributed by atoms with Crippen LogP contribution in [-0.2, 0) is 9.59 Å². The van der Waals surface area contributed by atoms with E-state index in [4.69, 9.17) is 0 Å². The zero-order valence-electron chi connectivity index (χ0n) is 9.56. The summed E-state index contributed by atoms with van der Waals surface area (Å²) >= 11 is 0. The number of carbonyl (C=O) groups is 2. The lowest BCUT2D eigenvalue weighted by Crippen LogP contribution is -2.61. The third-order valence-electron chi connectivity index (χ3n) is 2.83. The zero-order chi connectivity index (χ0) is 13.1. The van der Waals surface area contributed by atoms with E-state index in [1.54, 1.807) is 6.92 Å². The van der Waals surface area contributed by atoms with E-state index in [0.717, 1.165) is 0 Å². The highest BCUT2D eigenvalue weighted by atomic mass is 19.3. The SMILES string of the molecule is CCNC(=O)CNC(=O)C(F)(F)C1(O)CCC1. The first kappa shape index (κ1) is 13.8. The van der Waals surface area contributed by atoms with Gasteiger partial charge in [0.25, 0.3) is 5.91 Å². The lowest BCUT2D eigenvalue weighted by atomic mass is 9.75. The van der Waals surface area contributed by atoms with Gasteiger partial charge < -0.3 is 15.7 Å². The molecule has 1 aliphatic carbocycles. The first-order valence-corrected chi connectivity index (χ1v) is 5.48. The molecular formula is C10H16F2N2O3. The van der Waals surface area contributed by atoms with E-state index < -0.39 is 29.9 Å². The summed E-state index contributed by atoms with van der Waals surface area (Å²) in [5, 5.41) is 13.6. The average molecular weight is 250 g/mol. The molecule has 0 saturated heterocycles. The van der Waals surface area contributed by atoms with Crippen LogP contribution in [0.4, 0.5) is 8.78 Å². The molecule has 17 heavy (non-hydrogen) atoms. The molecule has 0 aromatic rings. The largest absolute Gasteiger partial charge is 0.383 e. The number of amides is 2. The Hall–Kier alpha value is -1.24. The van der Waals surface area contributed by atoms with Gasteiger partial charge in [-0.15, -0.1) is 0 Å². The number of carbonyl (C=O) groups excluding carboxylic acids is 2. The lowest BCUT2D eigenvalue weighted by molar-refractivity contribution is -0.215. The van der Waals surface area contributed by atoms with Crippen molar-refractivity contribution in [3.05, 3.63) is 0 Å². The van der Waals surface area contributed by atoms with Crippen LogP contribution in [0.5, 0.6) is 0 Å². The van der Waals surface area contributed by atoms with Crippen LogP contribution in [0, 0.1) is 0 Å². The Kier molecular flexibility index (Phi) is 4.03. The van der Waals surface area contributed by atoms with Crippen molar-refractivity contribution in [2.45, 2.75) is 37.7 Å². The van der Waals surface area contributed by atoms with E-state index in [9.17, 15) is 23.5 Å². The van der Waals surface area contributed by atoms with Crippen LogP contribution >= 0.6 is 0 Å². The van der Waals surface area contributed by atoms with E-state index in [0.29, 0.717) is 13.0 Å². The van der Waals surface area contributed by atoms with E-state index in [1.807, 2.05) is 5.32 Å². The minimum Gasteiger partial charge on any atom is -0.383 e. The van der Waals surface area contributed by atoms with Crippen LogP contribution in [-0.4, -0.2) is 41.5 Å². The maximum absolute atomic E-state index is 13.5. The summed E-state index contributed by atoms with van der Waals surface area (Å²) in [6, 6.07) is 0. The molecule has 0 unspecified atom stereocenters. The Morgan fingerprint density at radius 1 is 1.35 bits per heavy atom. The summed E-state index contributed by atoms with van der Waals surface area (Å²) in [6.07, 6.45) is 0.263. The topological polar surface area (TPSA) is 78.4 Å². The number of halogens is 2. The van der Waals surface area contributed by atoms with Crippen molar-refractivity contribution in [1.29, 1.82) is 0 Å². The Morgan fingerprint density at radius 3 is 2.35 bits per heavy atom. The highest BCUT2D eigenvalue weighted by Crippen LogP contribution is 2.44. The van der Waals surface area contributed by atoms with Gasteiger partial charge >= 0.3 is 5.92 Å². The predicted octanol–water partition coefficient (Wildman–Crippen LogP) is -0.211. The second kappa shape index (κ2) is 4.95. The molecule has 0 radical (unpaired) electrons. The van der Waals surface area contributed by atoms with E-state index in [2.05, 4.69) is 5.32 Å². The molecular weight excluding hydrogens is 234 g/mol. The second-order valence-corrected chi connectivity index (χ2v) is 4.10. The summed E-state index contributed by atoms with van der Waals surface area (Å²) in [7, 11) is 0. The second-order valence-electron chi connectivity index (χ2n) is 4.10. The molecule has 0 aromatic carbocycles. The molecule has 0 heterocycles. The van der Waals surface area contributed by atoms with Crippen molar-refractivity contribution in [3.63, 3.8) is 0 Å². The van der Waals surface area contributed by atoms with Crippen molar-refractivity contribution in [3.8, 4) is 0 Å². The third-order valence-corrected chi connectivity index (χ3v) is 2.83. The molecule has 98 valence electrons. The molecule has 1 rings (SSSR count). The highest BCUT2D eigenvalue weighted by molar-refractivity contribution is 5.89. The zero-order valence-corrected chi connectivity index (χ0v) is 9.56. The maximum atomic E-state index is 13.5. The van der Waals surface area contributed by atoms with Crippen LogP contribution in [0.2, 0.25) is 0 Å². The van der Waals surface area contributed by atoms with E-state index in [-0.39, 0.29) is 12.8 Å². The van der Waals surface area contributed by atoms with Crippen LogP contribution in [0.3, 0.4) is 0 Å². The number of alkyl halides is 2. The first-order chi connectivity index (χ1) is 7.83. The highest BCUT2D eigenvalue weighted by Gasteiger charge is 2.61. The molecule has 2 amide bonds. The Bertz CT molecular complexity index is 317. The van der Waals surface area contributed by atoms with Crippen LogP contribution in [0.25, 0.3) is 0 Å². The summed E-state index contributed by atoms with van der Waals surface area (Å²) in [4.78, 5) is 22.2. The van der Waals surface area contributed by atoms with Gasteiger partial charge in [-0.2, -0.15) is 8.78 Å². The average Bonchev–Trinajstić information content (AvgIpc) is 2.22. The van der Waals surface area contributed by atoms with Gasteiger partial charge in [-0.1, -0.05) is 0 Å². The van der Waals surface area contributed by atoms with Crippen LogP contribution < -0.4 is 10.6 Å². The third kappa shape index (κ3) is 2.71. The molecule has 5 nitrogen and oxygen atoms in total. The Balaban J connectivity index is 2.49. The molecule has 0 spiro atoms. The quantitative estimate of drug-likeness (QED) is 0.631. The van der Waals surface area contributed by atoms with Crippen molar-refractivity contribution in [1.82, 2.24) is 10.6 Å². The minimum absolute atomic E-state index is 0.103. The Labute approximate surface area is 97.6 Å². The standard InChI is InChI=1S/C10H16F2N2O3/c1-2-13-7(15)6-14-8(16)10(11,12)9(17)4-3-5-9/h17H,2-6H2,1H3,(H,13,15)(H,14,16). The van der Waals surface area contributed by atoms with Gasteiger partial charge in [0.05, 0.1) is 6.54 Å². The fourth-order valence-corrected chi connectivity index (χ4v) is 1.57. The lowest BCUT2D eigenvalue weighted by Gasteiger charge is -2.41. The van der Waals surface area contributed by atoms with Gasteiger partial charge in [0.1, 0.15) is 5.60 Å². The summed E-state index contributed by atoms with van der Waals surface area (Å²) in [6.45, 7) is 1.51. The van der Waals surface area contributed by atoms with Crippen molar-refractivity contribution >= 4 is 11.8 Å². The van der Waals surface area contributed by atoms with Gasteiger partial charge in [0, 0.05) is 6.54 Å². The van der Waals surface area contributed by atoms with Crippen molar-refractivity contribution < 1.29 is 23.5 Å². The van der Waals surface area contributed by atoms with Gasteiger partial charge in [-0.3, -0.25) is 9.59 Å². The number of hydrogen-bond acceptors (Lipinski definition) is 3. The normalized spacial score (nSPS) is 18.1. The number of nitrogens with one attached hydrogen (secondary N) is 2. The van der Waals surface area contributed by atoms with Gasteiger partial charge in [0.15, 0.2) is 0 Å². The molecule has 3 N–H and O–H groups in total. The maximum Gasteiger partial charge on any atom is 0.352 e. The van der Waals surface area contributed by atoms with Gasteiger partial charge in [-0.05, 0) is 26.2 Å². The molecule has 0 atom stereocenters. The number of aliphatic hydroxyl groups is 1. The molecule has 1 fully saturated rings. The summed E-state index contributed by atoms with van der Waals surface area (Å²) in [5.74, 6) is -6.00. The molecule has 0 aromatic heterocycles. The fourth-order valence-electron chi connectivity index (χ4n) is 1.57. The smallest absolute Gasteiger partial charge is 0.352 e. The van der Waals surface area contributed by atoms with Crippen molar-refractivity contribution in [2.75, 3.05) is 13.1 Å².